The van der Waals surface area contributed by atoms with E-state index in [4.69, 9.17) is 0 Å². The highest BCUT2D eigenvalue weighted by atomic mass is 32.2. The van der Waals surface area contributed by atoms with Gasteiger partial charge in [0, 0.05) is 35.8 Å². The largest absolute Gasteiger partial charge is 0.355 e. The van der Waals surface area contributed by atoms with E-state index in [0.29, 0.717) is 13.1 Å². The fourth-order valence-corrected chi connectivity index (χ4v) is 3.65. The van der Waals surface area contributed by atoms with E-state index in [1.807, 2.05) is 49.4 Å². The van der Waals surface area contributed by atoms with Crippen molar-refractivity contribution >= 4 is 29.3 Å². The number of carbonyl (C=O) groups is 2. The zero-order chi connectivity index (χ0) is 17.6. The zero-order valence-corrected chi connectivity index (χ0v) is 15.1. The number of hydrogen-bond acceptors (Lipinski definition) is 3. The lowest BCUT2D eigenvalue weighted by atomic mass is 10.1. The number of carbonyl (C=O) groups excluding carboxylic acids is 2. The predicted octanol–water partition coefficient (Wildman–Crippen LogP) is 3.26. The molecule has 0 unspecified atom stereocenters. The number of rotatable bonds is 6. The molecule has 2 aromatic carbocycles. The Morgan fingerprint density at radius 3 is 2.60 bits per heavy atom. The Bertz CT molecular complexity index is 731. The maximum absolute atomic E-state index is 12.3. The first-order chi connectivity index (χ1) is 12.1. The van der Waals surface area contributed by atoms with E-state index >= 15 is 0 Å². The summed E-state index contributed by atoms with van der Waals surface area (Å²) in [6.07, 6.45) is 0.283. The standard InChI is InChI=1S/C20H22N2O2S/c1-15-7-9-17(10-8-15)22-14-16(13-19(22)23)20(24)21-11-12-25-18-5-3-2-4-6-18/h2-10,16H,11-14H2,1H3,(H,21,24)/t16-/m1/s1. The lowest BCUT2D eigenvalue weighted by Crippen LogP contribution is -2.34. The molecule has 0 aliphatic carbocycles. The third-order valence-electron chi connectivity index (χ3n) is 4.25. The van der Waals surface area contributed by atoms with E-state index in [1.54, 1.807) is 16.7 Å². The van der Waals surface area contributed by atoms with Crippen LogP contribution in [-0.4, -0.2) is 30.7 Å². The lowest BCUT2D eigenvalue weighted by Gasteiger charge is -2.17. The number of anilines is 1. The van der Waals surface area contributed by atoms with Gasteiger partial charge in [0.15, 0.2) is 0 Å². The Balaban J connectivity index is 1.46. The summed E-state index contributed by atoms with van der Waals surface area (Å²) in [4.78, 5) is 27.5. The van der Waals surface area contributed by atoms with E-state index in [1.165, 1.54) is 4.90 Å². The van der Waals surface area contributed by atoms with Crippen LogP contribution in [0.15, 0.2) is 59.5 Å². The van der Waals surface area contributed by atoms with Crippen molar-refractivity contribution in [2.75, 3.05) is 23.7 Å². The van der Waals surface area contributed by atoms with Gasteiger partial charge in [0.25, 0.3) is 0 Å². The van der Waals surface area contributed by atoms with Crippen LogP contribution in [-0.2, 0) is 9.59 Å². The summed E-state index contributed by atoms with van der Waals surface area (Å²) >= 11 is 1.71. The van der Waals surface area contributed by atoms with Crippen LogP contribution in [0.3, 0.4) is 0 Å². The molecular weight excluding hydrogens is 332 g/mol. The number of thioether (sulfide) groups is 1. The second-order valence-corrected chi connectivity index (χ2v) is 7.36. The average molecular weight is 354 g/mol. The summed E-state index contributed by atoms with van der Waals surface area (Å²) in [7, 11) is 0. The summed E-state index contributed by atoms with van der Waals surface area (Å²) in [5, 5.41) is 2.96. The number of nitrogens with zero attached hydrogens (tertiary/aromatic N) is 1. The quantitative estimate of drug-likeness (QED) is 0.640. The van der Waals surface area contributed by atoms with Gasteiger partial charge in [-0.1, -0.05) is 35.9 Å². The fourth-order valence-electron chi connectivity index (χ4n) is 2.86. The molecule has 1 atom stereocenters. The van der Waals surface area contributed by atoms with E-state index in [0.717, 1.165) is 17.0 Å². The smallest absolute Gasteiger partial charge is 0.227 e. The van der Waals surface area contributed by atoms with Crippen molar-refractivity contribution in [2.24, 2.45) is 5.92 Å². The maximum Gasteiger partial charge on any atom is 0.227 e. The number of amides is 2. The molecule has 25 heavy (non-hydrogen) atoms. The Morgan fingerprint density at radius 1 is 1.16 bits per heavy atom. The topological polar surface area (TPSA) is 49.4 Å². The lowest BCUT2D eigenvalue weighted by molar-refractivity contribution is -0.126. The first-order valence-electron chi connectivity index (χ1n) is 8.46. The number of hydrogen-bond donors (Lipinski definition) is 1. The first kappa shape index (κ1) is 17.5. The molecule has 0 aromatic heterocycles. The Labute approximate surface area is 152 Å². The van der Waals surface area contributed by atoms with E-state index in [-0.39, 0.29) is 24.2 Å². The molecule has 1 aliphatic rings. The van der Waals surface area contributed by atoms with Gasteiger partial charge in [0.1, 0.15) is 0 Å². The fraction of sp³-hybridized carbons (Fsp3) is 0.300. The summed E-state index contributed by atoms with van der Waals surface area (Å²) in [6, 6.07) is 17.9. The van der Waals surface area contributed by atoms with Gasteiger partial charge in [-0.25, -0.2) is 0 Å². The molecule has 2 aromatic rings. The van der Waals surface area contributed by atoms with Crippen molar-refractivity contribution in [3.63, 3.8) is 0 Å². The molecule has 5 heteroatoms. The van der Waals surface area contributed by atoms with Crippen LogP contribution < -0.4 is 10.2 Å². The summed E-state index contributed by atoms with van der Waals surface area (Å²) in [6.45, 7) is 3.08. The predicted molar refractivity (Wildman–Crippen MR) is 102 cm³/mol. The van der Waals surface area contributed by atoms with Gasteiger partial charge in [0.2, 0.25) is 11.8 Å². The van der Waals surface area contributed by atoms with Crippen LogP contribution >= 0.6 is 11.8 Å². The van der Waals surface area contributed by atoms with Crippen molar-refractivity contribution in [3.05, 3.63) is 60.2 Å². The van der Waals surface area contributed by atoms with Crippen LogP contribution in [0, 0.1) is 12.8 Å². The van der Waals surface area contributed by atoms with Gasteiger partial charge in [-0.2, -0.15) is 0 Å². The Hall–Kier alpha value is -2.27. The SMILES string of the molecule is Cc1ccc(N2C[C@H](C(=O)NCCSc3ccccc3)CC2=O)cc1. The average Bonchev–Trinajstić information content (AvgIpc) is 3.02. The van der Waals surface area contributed by atoms with E-state index in [2.05, 4.69) is 17.4 Å². The normalized spacial score (nSPS) is 16.9. The molecule has 4 nitrogen and oxygen atoms in total. The highest BCUT2D eigenvalue weighted by Crippen LogP contribution is 2.25. The highest BCUT2D eigenvalue weighted by Gasteiger charge is 2.34. The minimum Gasteiger partial charge on any atom is -0.355 e. The molecule has 130 valence electrons. The molecule has 2 amide bonds. The van der Waals surface area contributed by atoms with Crippen LogP contribution in [0.2, 0.25) is 0 Å². The van der Waals surface area contributed by atoms with Crippen molar-refractivity contribution in [1.82, 2.24) is 5.32 Å². The van der Waals surface area contributed by atoms with Crippen molar-refractivity contribution in [2.45, 2.75) is 18.2 Å². The molecule has 1 heterocycles. The van der Waals surface area contributed by atoms with Crippen LogP contribution in [0.5, 0.6) is 0 Å². The third-order valence-corrected chi connectivity index (χ3v) is 5.27. The summed E-state index contributed by atoms with van der Waals surface area (Å²) in [5.41, 5.74) is 2.02. The molecule has 1 saturated heterocycles. The molecular formula is C20H22N2O2S. The molecule has 0 saturated carbocycles. The molecule has 1 N–H and O–H groups in total. The molecule has 0 spiro atoms. The second-order valence-electron chi connectivity index (χ2n) is 6.19. The monoisotopic (exact) mass is 354 g/mol. The summed E-state index contributed by atoms with van der Waals surface area (Å²) < 4.78 is 0. The zero-order valence-electron chi connectivity index (χ0n) is 14.3. The van der Waals surface area contributed by atoms with Crippen molar-refractivity contribution < 1.29 is 9.59 Å². The maximum atomic E-state index is 12.3. The number of aryl methyl sites for hydroxylation is 1. The minimum absolute atomic E-state index is 0.0164. The van der Waals surface area contributed by atoms with Gasteiger partial charge < -0.3 is 10.2 Å². The van der Waals surface area contributed by atoms with E-state index < -0.39 is 0 Å². The van der Waals surface area contributed by atoms with Crippen LogP contribution in [0.25, 0.3) is 0 Å². The van der Waals surface area contributed by atoms with Crippen molar-refractivity contribution in [1.29, 1.82) is 0 Å². The van der Waals surface area contributed by atoms with Gasteiger partial charge >= 0.3 is 0 Å². The Kier molecular flexibility index (Phi) is 5.76. The molecule has 1 fully saturated rings. The van der Waals surface area contributed by atoms with Gasteiger partial charge in [-0.05, 0) is 31.2 Å². The summed E-state index contributed by atoms with van der Waals surface area (Å²) in [5.74, 6) is 0.535. The molecule has 3 rings (SSSR count). The van der Waals surface area contributed by atoms with Crippen LogP contribution in [0.4, 0.5) is 5.69 Å². The third kappa shape index (κ3) is 4.63. The van der Waals surface area contributed by atoms with Crippen molar-refractivity contribution in [3.8, 4) is 0 Å². The minimum atomic E-state index is -0.268. The van der Waals surface area contributed by atoms with E-state index in [9.17, 15) is 9.59 Å². The number of nitrogens with one attached hydrogen (secondary N) is 1. The van der Waals surface area contributed by atoms with Gasteiger partial charge in [-0.3, -0.25) is 9.59 Å². The van der Waals surface area contributed by atoms with Gasteiger partial charge in [0.05, 0.1) is 5.92 Å². The first-order valence-corrected chi connectivity index (χ1v) is 9.44. The highest BCUT2D eigenvalue weighted by molar-refractivity contribution is 7.99. The second kappa shape index (κ2) is 8.21. The number of benzene rings is 2. The molecule has 1 aliphatic heterocycles. The van der Waals surface area contributed by atoms with Gasteiger partial charge in [-0.15, -0.1) is 11.8 Å². The molecule has 0 radical (unpaired) electrons. The Morgan fingerprint density at radius 2 is 1.88 bits per heavy atom. The van der Waals surface area contributed by atoms with Crippen LogP contribution in [0.1, 0.15) is 12.0 Å². The molecule has 0 bridgehead atoms.